The number of aromatic nitrogens is 1. The number of aryl methyl sites for hydroxylation is 1. The van der Waals surface area contributed by atoms with Gasteiger partial charge in [-0.15, -0.1) is 11.3 Å². The molecule has 0 atom stereocenters. The highest BCUT2D eigenvalue weighted by atomic mass is 32.1. The number of ether oxygens (including phenoxy) is 2. The predicted molar refractivity (Wildman–Crippen MR) is 79.9 cm³/mol. The second-order valence-corrected chi connectivity index (χ2v) is 5.15. The van der Waals surface area contributed by atoms with Crippen LogP contribution in [0.15, 0.2) is 0 Å². The molecule has 0 fully saturated rings. The Balaban J connectivity index is 2.63. The molecular formula is C13H25N3O2S. The molecule has 0 amide bonds. The molecule has 5 nitrogen and oxygen atoms in total. The maximum Gasteiger partial charge on any atom is 0.185 e. The van der Waals surface area contributed by atoms with E-state index >= 15 is 0 Å². The van der Waals surface area contributed by atoms with Crippen molar-refractivity contribution in [2.24, 2.45) is 5.73 Å². The van der Waals surface area contributed by atoms with Crippen LogP contribution in [0.4, 0.5) is 5.13 Å². The van der Waals surface area contributed by atoms with E-state index in [-0.39, 0.29) is 0 Å². The van der Waals surface area contributed by atoms with E-state index in [1.165, 1.54) is 0 Å². The molecule has 0 saturated carbocycles. The van der Waals surface area contributed by atoms with E-state index in [1.807, 2.05) is 20.8 Å². The molecule has 1 aromatic heterocycles. The molecule has 19 heavy (non-hydrogen) atoms. The highest BCUT2D eigenvalue weighted by molar-refractivity contribution is 7.15. The number of hydrogen-bond acceptors (Lipinski definition) is 6. The van der Waals surface area contributed by atoms with Crippen molar-refractivity contribution >= 4 is 16.5 Å². The van der Waals surface area contributed by atoms with E-state index in [2.05, 4.69) is 9.88 Å². The molecule has 110 valence electrons. The number of thiazole rings is 1. The Morgan fingerprint density at radius 1 is 1.16 bits per heavy atom. The topological polar surface area (TPSA) is 60.6 Å². The average Bonchev–Trinajstić information content (AvgIpc) is 2.78. The molecule has 0 spiro atoms. The first kappa shape index (κ1) is 16.4. The van der Waals surface area contributed by atoms with Gasteiger partial charge in [-0.1, -0.05) is 0 Å². The first-order valence-electron chi connectivity index (χ1n) is 6.79. The highest BCUT2D eigenvalue weighted by Crippen LogP contribution is 2.25. The van der Waals surface area contributed by atoms with E-state index in [0.717, 1.165) is 42.0 Å². The molecule has 0 bridgehead atoms. The molecule has 0 aromatic carbocycles. The number of hydrogen-bond donors (Lipinski definition) is 1. The average molecular weight is 287 g/mol. The van der Waals surface area contributed by atoms with Crippen molar-refractivity contribution in [1.82, 2.24) is 4.98 Å². The van der Waals surface area contributed by atoms with Gasteiger partial charge in [0.2, 0.25) is 0 Å². The van der Waals surface area contributed by atoms with Crippen molar-refractivity contribution in [1.29, 1.82) is 0 Å². The van der Waals surface area contributed by atoms with Gasteiger partial charge in [0.15, 0.2) is 5.13 Å². The Morgan fingerprint density at radius 3 is 2.16 bits per heavy atom. The zero-order valence-corrected chi connectivity index (χ0v) is 13.0. The Labute approximate surface area is 119 Å². The van der Waals surface area contributed by atoms with Crippen molar-refractivity contribution < 1.29 is 9.47 Å². The van der Waals surface area contributed by atoms with Gasteiger partial charge >= 0.3 is 0 Å². The molecule has 1 aromatic rings. The molecule has 0 saturated heterocycles. The van der Waals surface area contributed by atoms with Crippen LogP contribution in [0.5, 0.6) is 0 Å². The fraction of sp³-hybridized carbons (Fsp3) is 0.769. The SMILES string of the molecule is CCOCCN(CCOCC)c1nc(C)c(CN)s1. The lowest BCUT2D eigenvalue weighted by Crippen LogP contribution is -2.31. The van der Waals surface area contributed by atoms with Gasteiger partial charge in [-0.2, -0.15) is 0 Å². The molecule has 0 radical (unpaired) electrons. The van der Waals surface area contributed by atoms with E-state index < -0.39 is 0 Å². The van der Waals surface area contributed by atoms with Crippen molar-refractivity contribution in [3.63, 3.8) is 0 Å². The largest absolute Gasteiger partial charge is 0.380 e. The van der Waals surface area contributed by atoms with Crippen LogP contribution in [0.25, 0.3) is 0 Å². The minimum Gasteiger partial charge on any atom is -0.380 e. The van der Waals surface area contributed by atoms with Crippen LogP contribution >= 0.6 is 11.3 Å². The van der Waals surface area contributed by atoms with E-state index in [4.69, 9.17) is 15.2 Å². The van der Waals surface area contributed by atoms with E-state index in [1.54, 1.807) is 11.3 Å². The lowest BCUT2D eigenvalue weighted by atomic mass is 10.4. The van der Waals surface area contributed by atoms with Crippen LogP contribution in [0.3, 0.4) is 0 Å². The molecule has 2 N–H and O–H groups in total. The third-order valence-corrected chi connectivity index (χ3v) is 4.00. The van der Waals surface area contributed by atoms with Crippen LogP contribution < -0.4 is 10.6 Å². The summed E-state index contributed by atoms with van der Waals surface area (Å²) in [6.07, 6.45) is 0. The summed E-state index contributed by atoms with van der Waals surface area (Å²) in [5.74, 6) is 0. The molecule has 0 aliphatic carbocycles. The van der Waals surface area contributed by atoms with Gasteiger partial charge in [-0.3, -0.25) is 0 Å². The monoisotopic (exact) mass is 287 g/mol. The molecule has 6 heteroatoms. The molecule has 0 aliphatic heterocycles. The van der Waals surface area contributed by atoms with Crippen LogP contribution in [0.2, 0.25) is 0 Å². The Kier molecular flexibility index (Phi) is 7.97. The normalized spacial score (nSPS) is 10.9. The van der Waals surface area contributed by atoms with Crippen molar-refractivity contribution in [2.45, 2.75) is 27.3 Å². The van der Waals surface area contributed by atoms with Gasteiger partial charge < -0.3 is 20.1 Å². The van der Waals surface area contributed by atoms with E-state index in [9.17, 15) is 0 Å². The lowest BCUT2D eigenvalue weighted by Gasteiger charge is -2.21. The van der Waals surface area contributed by atoms with Crippen LogP contribution in [0.1, 0.15) is 24.4 Å². The lowest BCUT2D eigenvalue weighted by molar-refractivity contribution is 0.141. The zero-order chi connectivity index (χ0) is 14.1. The summed E-state index contributed by atoms with van der Waals surface area (Å²) in [5.41, 5.74) is 6.74. The fourth-order valence-electron chi connectivity index (χ4n) is 1.68. The summed E-state index contributed by atoms with van der Waals surface area (Å²) in [5, 5.41) is 1.01. The summed E-state index contributed by atoms with van der Waals surface area (Å²) in [7, 11) is 0. The summed E-state index contributed by atoms with van der Waals surface area (Å²) >= 11 is 1.66. The Morgan fingerprint density at radius 2 is 1.74 bits per heavy atom. The van der Waals surface area contributed by atoms with Gasteiger partial charge in [-0.05, 0) is 20.8 Å². The number of rotatable bonds is 10. The molecule has 1 rings (SSSR count). The summed E-state index contributed by atoms with van der Waals surface area (Å²) < 4.78 is 10.8. The Hall–Kier alpha value is -0.690. The van der Waals surface area contributed by atoms with Crippen LogP contribution in [-0.4, -0.2) is 44.5 Å². The fourth-order valence-corrected chi connectivity index (χ4v) is 2.67. The predicted octanol–water partition coefficient (Wildman–Crippen LogP) is 1.79. The molecular weight excluding hydrogens is 262 g/mol. The molecule has 0 unspecified atom stereocenters. The van der Waals surface area contributed by atoms with Gasteiger partial charge in [0.1, 0.15) is 0 Å². The third-order valence-electron chi connectivity index (χ3n) is 2.76. The van der Waals surface area contributed by atoms with Crippen molar-refractivity contribution in [2.75, 3.05) is 44.4 Å². The van der Waals surface area contributed by atoms with Crippen molar-refractivity contribution in [3.05, 3.63) is 10.6 Å². The Bertz CT molecular complexity index is 348. The van der Waals surface area contributed by atoms with Crippen LogP contribution in [0, 0.1) is 6.92 Å². The summed E-state index contributed by atoms with van der Waals surface area (Å²) in [4.78, 5) is 7.95. The minimum atomic E-state index is 0.550. The zero-order valence-electron chi connectivity index (χ0n) is 12.1. The minimum absolute atomic E-state index is 0.550. The number of anilines is 1. The van der Waals surface area contributed by atoms with Gasteiger partial charge in [0.05, 0.1) is 18.9 Å². The second-order valence-electron chi connectivity index (χ2n) is 4.09. The maximum atomic E-state index is 5.71. The highest BCUT2D eigenvalue weighted by Gasteiger charge is 2.13. The summed E-state index contributed by atoms with van der Waals surface area (Å²) in [6, 6.07) is 0. The van der Waals surface area contributed by atoms with Gasteiger partial charge in [-0.25, -0.2) is 4.98 Å². The molecule has 0 aliphatic rings. The van der Waals surface area contributed by atoms with Gasteiger partial charge in [0.25, 0.3) is 0 Å². The number of nitrogens with two attached hydrogens (primary N) is 1. The maximum absolute atomic E-state index is 5.71. The summed E-state index contributed by atoms with van der Waals surface area (Å²) in [6.45, 7) is 11.1. The standard InChI is InChI=1S/C13H25N3O2S/c1-4-17-8-6-16(7-9-18-5-2)13-15-11(3)12(10-14)19-13/h4-10,14H2,1-3H3. The third kappa shape index (κ3) is 5.44. The van der Waals surface area contributed by atoms with Crippen LogP contribution in [-0.2, 0) is 16.0 Å². The molecule has 1 heterocycles. The van der Waals surface area contributed by atoms with E-state index in [0.29, 0.717) is 19.8 Å². The van der Waals surface area contributed by atoms with Crippen molar-refractivity contribution in [3.8, 4) is 0 Å². The second kappa shape index (κ2) is 9.25. The van der Waals surface area contributed by atoms with Gasteiger partial charge in [0, 0.05) is 37.7 Å². The number of nitrogens with zero attached hydrogens (tertiary/aromatic N) is 2. The first-order chi connectivity index (χ1) is 9.22. The smallest absolute Gasteiger partial charge is 0.185 e. The quantitative estimate of drug-likeness (QED) is 0.665. The first-order valence-corrected chi connectivity index (χ1v) is 7.61.